The van der Waals surface area contributed by atoms with Gasteiger partial charge >= 0.3 is 0 Å². The molecule has 1 atom stereocenters. The number of carbonyl (C=O) groups is 3. The van der Waals surface area contributed by atoms with Gasteiger partial charge in [-0.2, -0.15) is 0 Å². The van der Waals surface area contributed by atoms with Crippen LogP contribution in [0.4, 0.5) is 11.4 Å². The number of hydrogen-bond acceptors (Lipinski definition) is 5. The van der Waals surface area contributed by atoms with Crippen molar-refractivity contribution in [3.05, 3.63) is 161 Å². The fourth-order valence-electron chi connectivity index (χ4n) is 4.82. The van der Waals surface area contributed by atoms with Gasteiger partial charge in [0.25, 0.3) is 11.8 Å². The van der Waals surface area contributed by atoms with Crippen molar-refractivity contribution in [1.82, 2.24) is 5.32 Å². The molecule has 48 heavy (non-hydrogen) atoms. The highest BCUT2D eigenvalue weighted by Gasteiger charge is 2.23. The summed E-state index contributed by atoms with van der Waals surface area (Å²) in [6, 6.07) is 40.7. The first-order valence-electron chi connectivity index (χ1n) is 15.5. The second kappa shape index (κ2) is 16.3. The summed E-state index contributed by atoms with van der Waals surface area (Å²) in [7, 11) is 1.60. The van der Waals surface area contributed by atoms with Gasteiger partial charge in [-0.1, -0.05) is 86.6 Å². The van der Waals surface area contributed by atoms with E-state index >= 15 is 0 Å². The first-order chi connectivity index (χ1) is 23.3. The normalized spacial score (nSPS) is 11.8. The molecule has 0 saturated heterocycles. The Bertz CT molecular complexity index is 1860. The highest BCUT2D eigenvalue weighted by Crippen LogP contribution is 2.37. The lowest BCUT2D eigenvalue weighted by Gasteiger charge is -2.18. The maximum absolute atomic E-state index is 13.5. The van der Waals surface area contributed by atoms with Gasteiger partial charge in [-0.3, -0.25) is 14.4 Å². The highest BCUT2D eigenvalue weighted by atomic mass is 32.2. The number of methoxy groups -OCH3 is 1. The average Bonchev–Trinajstić information content (AvgIpc) is 3.12. The third-order valence-corrected chi connectivity index (χ3v) is 8.77. The van der Waals surface area contributed by atoms with Crippen molar-refractivity contribution in [3.8, 4) is 5.75 Å². The standard InChI is InChI=1S/C40H37N3O4S/c1-27(2)29-16-14-28(15-17-29)26-36(43-38(44)31-12-8-5-9-13-31)39(45)41-33-20-24-35(25-21-33)48-37(30-10-6-4-7-11-30)40(46)42-32-18-22-34(47-3)23-19-32/h4-27,37H,1-3H3,(H,41,45)(H,42,46)(H,43,44)/b36-26-. The number of rotatable bonds is 12. The fraction of sp³-hybridized carbons (Fsp3) is 0.125. The van der Waals surface area contributed by atoms with Gasteiger partial charge in [0.05, 0.1) is 7.11 Å². The Morgan fingerprint density at radius 1 is 0.667 bits per heavy atom. The monoisotopic (exact) mass is 655 g/mol. The number of benzene rings is 5. The molecule has 0 heterocycles. The van der Waals surface area contributed by atoms with Crippen molar-refractivity contribution in [1.29, 1.82) is 0 Å². The van der Waals surface area contributed by atoms with Gasteiger partial charge in [0.2, 0.25) is 5.91 Å². The number of amides is 3. The minimum atomic E-state index is -0.529. The Morgan fingerprint density at radius 2 is 1.25 bits per heavy atom. The summed E-state index contributed by atoms with van der Waals surface area (Å²) in [5.74, 6) is 0.0568. The quantitative estimate of drug-likeness (QED) is 0.0923. The second-order valence-electron chi connectivity index (χ2n) is 11.3. The van der Waals surface area contributed by atoms with Crippen molar-refractivity contribution in [2.45, 2.75) is 29.9 Å². The first kappa shape index (κ1) is 33.8. The first-order valence-corrected chi connectivity index (χ1v) is 16.4. The second-order valence-corrected chi connectivity index (χ2v) is 12.5. The molecule has 5 aromatic rings. The predicted octanol–water partition coefficient (Wildman–Crippen LogP) is 8.70. The van der Waals surface area contributed by atoms with E-state index in [4.69, 9.17) is 4.74 Å². The zero-order valence-corrected chi connectivity index (χ0v) is 27.8. The third kappa shape index (κ3) is 9.24. The van der Waals surface area contributed by atoms with Crippen molar-refractivity contribution in [3.63, 3.8) is 0 Å². The van der Waals surface area contributed by atoms with Crippen molar-refractivity contribution < 1.29 is 19.1 Å². The van der Waals surface area contributed by atoms with E-state index in [1.807, 2.05) is 72.8 Å². The largest absolute Gasteiger partial charge is 0.497 e. The summed E-state index contributed by atoms with van der Waals surface area (Å²) in [6.07, 6.45) is 1.66. The summed E-state index contributed by atoms with van der Waals surface area (Å²) < 4.78 is 5.22. The van der Waals surface area contributed by atoms with Crippen LogP contribution in [0.3, 0.4) is 0 Å². The number of anilines is 2. The van der Waals surface area contributed by atoms with Crippen LogP contribution in [0, 0.1) is 0 Å². The van der Waals surface area contributed by atoms with E-state index in [0.717, 1.165) is 16.0 Å². The van der Waals surface area contributed by atoms with Crippen LogP contribution in [0.25, 0.3) is 6.08 Å². The Hall–Kier alpha value is -5.60. The average molecular weight is 656 g/mol. The number of nitrogens with one attached hydrogen (secondary N) is 3. The van der Waals surface area contributed by atoms with E-state index in [2.05, 4.69) is 29.8 Å². The molecule has 3 N–H and O–H groups in total. The van der Waals surface area contributed by atoms with Crippen molar-refractivity contribution >= 4 is 46.9 Å². The van der Waals surface area contributed by atoms with Gasteiger partial charge in [-0.25, -0.2) is 0 Å². The zero-order chi connectivity index (χ0) is 33.9. The summed E-state index contributed by atoms with van der Waals surface area (Å²) in [4.78, 5) is 40.9. The van der Waals surface area contributed by atoms with Crippen LogP contribution in [0.2, 0.25) is 0 Å². The Kier molecular flexibility index (Phi) is 11.5. The van der Waals surface area contributed by atoms with Crippen LogP contribution in [-0.2, 0) is 9.59 Å². The summed E-state index contributed by atoms with van der Waals surface area (Å²) in [6.45, 7) is 4.24. The summed E-state index contributed by atoms with van der Waals surface area (Å²) in [5.41, 5.74) is 4.58. The lowest BCUT2D eigenvalue weighted by Crippen LogP contribution is -2.30. The molecule has 242 valence electrons. The van der Waals surface area contributed by atoms with Crippen molar-refractivity contribution in [2.75, 3.05) is 17.7 Å². The topological polar surface area (TPSA) is 96.5 Å². The molecule has 0 saturated carbocycles. The van der Waals surface area contributed by atoms with E-state index in [0.29, 0.717) is 28.6 Å². The van der Waals surface area contributed by atoms with Crippen LogP contribution in [0.1, 0.15) is 52.1 Å². The molecule has 3 amide bonds. The molecule has 7 nitrogen and oxygen atoms in total. The maximum atomic E-state index is 13.5. The number of ether oxygens (including phenoxy) is 1. The molecule has 0 aromatic heterocycles. The van der Waals surface area contributed by atoms with E-state index in [1.54, 1.807) is 73.8 Å². The number of thioether (sulfide) groups is 1. The van der Waals surface area contributed by atoms with Crippen LogP contribution in [-0.4, -0.2) is 24.8 Å². The van der Waals surface area contributed by atoms with Gasteiger partial charge in [-0.15, -0.1) is 11.8 Å². The fourth-order valence-corrected chi connectivity index (χ4v) is 5.85. The summed E-state index contributed by atoms with van der Waals surface area (Å²) in [5, 5.41) is 8.17. The van der Waals surface area contributed by atoms with Gasteiger partial charge in [0.15, 0.2) is 0 Å². The maximum Gasteiger partial charge on any atom is 0.272 e. The molecule has 5 aromatic carbocycles. The molecule has 0 aliphatic rings. The van der Waals surface area contributed by atoms with Gasteiger partial charge in [0, 0.05) is 21.8 Å². The molecule has 5 rings (SSSR count). The minimum Gasteiger partial charge on any atom is -0.497 e. The molecule has 0 fully saturated rings. The predicted molar refractivity (Wildman–Crippen MR) is 194 cm³/mol. The zero-order valence-electron chi connectivity index (χ0n) is 27.0. The summed E-state index contributed by atoms with van der Waals surface area (Å²) >= 11 is 1.40. The molecule has 0 aliphatic carbocycles. The molecular weight excluding hydrogens is 619 g/mol. The Morgan fingerprint density at radius 3 is 1.85 bits per heavy atom. The van der Waals surface area contributed by atoms with E-state index in [-0.39, 0.29) is 17.5 Å². The van der Waals surface area contributed by atoms with Crippen LogP contribution in [0.15, 0.2) is 144 Å². The van der Waals surface area contributed by atoms with Gasteiger partial charge < -0.3 is 20.7 Å². The number of hydrogen-bond donors (Lipinski definition) is 3. The third-order valence-electron chi connectivity index (χ3n) is 7.51. The van der Waals surface area contributed by atoms with E-state index < -0.39 is 11.2 Å². The van der Waals surface area contributed by atoms with Crippen LogP contribution < -0.4 is 20.7 Å². The van der Waals surface area contributed by atoms with E-state index in [1.165, 1.54) is 17.3 Å². The Labute approximate surface area is 285 Å². The van der Waals surface area contributed by atoms with Gasteiger partial charge in [0.1, 0.15) is 16.7 Å². The molecular formula is C40H37N3O4S. The van der Waals surface area contributed by atoms with Gasteiger partial charge in [-0.05, 0) is 89.3 Å². The SMILES string of the molecule is COc1ccc(NC(=O)C(Sc2ccc(NC(=O)/C(=C/c3ccc(C(C)C)cc3)NC(=O)c3ccccc3)cc2)c2ccccc2)cc1. The van der Waals surface area contributed by atoms with Crippen molar-refractivity contribution in [2.24, 2.45) is 0 Å². The molecule has 0 aliphatic heterocycles. The lowest BCUT2D eigenvalue weighted by molar-refractivity contribution is -0.116. The van der Waals surface area contributed by atoms with Crippen LogP contribution in [0.5, 0.6) is 5.75 Å². The molecule has 8 heteroatoms. The molecule has 0 radical (unpaired) electrons. The smallest absolute Gasteiger partial charge is 0.272 e. The number of carbonyl (C=O) groups excluding carboxylic acids is 3. The highest BCUT2D eigenvalue weighted by molar-refractivity contribution is 8.00. The molecule has 1 unspecified atom stereocenters. The minimum absolute atomic E-state index is 0.110. The molecule has 0 bridgehead atoms. The lowest BCUT2D eigenvalue weighted by atomic mass is 10.0. The van der Waals surface area contributed by atoms with E-state index in [9.17, 15) is 14.4 Å². The Balaban J connectivity index is 1.32. The van der Waals surface area contributed by atoms with Crippen LogP contribution >= 0.6 is 11.8 Å². The molecule has 0 spiro atoms.